The zero-order valence-corrected chi connectivity index (χ0v) is 12.8. The van der Waals surface area contributed by atoms with Crippen molar-refractivity contribution in [2.75, 3.05) is 27.2 Å². The molecular weight excluding hydrogens is 236 g/mol. The molecule has 0 bridgehead atoms. The SMILES string of the molecule is CCCCNCC(C)N(C)Cc1ccc(OC)cc1. The first-order valence-corrected chi connectivity index (χ1v) is 7.21. The van der Waals surface area contributed by atoms with Gasteiger partial charge in [0.1, 0.15) is 5.75 Å². The Labute approximate surface area is 118 Å². The molecule has 108 valence electrons. The molecule has 1 aromatic carbocycles. The van der Waals surface area contributed by atoms with Crippen molar-refractivity contribution in [1.29, 1.82) is 0 Å². The average Bonchev–Trinajstić information content (AvgIpc) is 2.44. The largest absolute Gasteiger partial charge is 0.497 e. The lowest BCUT2D eigenvalue weighted by atomic mass is 10.2. The Hall–Kier alpha value is -1.06. The van der Waals surface area contributed by atoms with Crippen LogP contribution < -0.4 is 10.1 Å². The van der Waals surface area contributed by atoms with Crippen LogP contribution in [0.4, 0.5) is 0 Å². The summed E-state index contributed by atoms with van der Waals surface area (Å²) in [6.07, 6.45) is 2.51. The Morgan fingerprint density at radius 3 is 2.53 bits per heavy atom. The van der Waals surface area contributed by atoms with Gasteiger partial charge in [0.05, 0.1) is 7.11 Å². The van der Waals surface area contributed by atoms with Gasteiger partial charge >= 0.3 is 0 Å². The maximum Gasteiger partial charge on any atom is 0.118 e. The number of methoxy groups -OCH3 is 1. The van der Waals surface area contributed by atoms with Crippen LogP contribution in [0.15, 0.2) is 24.3 Å². The highest BCUT2D eigenvalue weighted by atomic mass is 16.5. The van der Waals surface area contributed by atoms with Gasteiger partial charge in [0.2, 0.25) is 0 Å². The highest BCUT2D eigenvalue weighted by molar-refractivity contribution is 5.27. The van der Waals surface area contributed by atoms with E-state index in [2.05, 4.69) is 43.2 Å². The Morgan fingerprint density at radius 2 is 1.95 bits per heavy atom. The molecule has 1 N–H and O–H groups in total. The highest BCUT2D eigenvalue weighted by Gasteiger charge is 2.09. The molecule has 0 saturated carbocycles. The van der Waals surface area contributed by atoms with E-state index in [1.165, 1.54) is 18.4 Å². The summed E-state index contributed by atoms with van der Waals surface area (Å²) in [5, 5.41) is 3.51. The predicted molar refractivity (Wildman–Crippen MR) is 81.7 cm³/mol. The first-order chi connectivity index (χ1) is 9.17. The minimum Gasteiger partial charge on any atom is -0.497 e. The maximum atomic E-state index is 5.17. The van der Waals surface area contributed by atoms with Crippen molar-refractivity contribution in [2.24, 2.45) is 0 Å². The molecule has 3 heteroatoms. The zero-order chi connectivity index (χ0) is 14.1. The molecular formula is C16H28N2O. The first kappa shape index (κ1) is 16.0. The second-order valence-corrected chi connectivity index (χ2v) is 5.17. The van der Waals surface area contributed by atoms with Gasteiger partial charge in [-0.15, -0.1) is 0 Å². The smallest absolute Gasteiger partial charge is 0.118 e. The van der Waals surface area contributed by atoms with Crippen LogP contribution in [0.1, 0.15) is 32.3 Å². The molecule has 0 aliphatic heterocycles. The van der Waals surface area contributed by atoms with Crippen LogP contribution in [0, 0.1) is 0 Å². The summed E-state index contributed by atoms with van der Waals surface area (Å²) in [5.41, 5.74) is 1.32. The molecule has 1 unspecified atom stereocenters. The molecule has 0 fully saturated rings. The lowest BCUT2D eigenvalue weighted by Crippen LogP contribution is -2.37. The number of ether oxygens (including phenoxy) is 1. The predicted octanol–water partition coefficient (Wildman–Crippen LogP) is 2.91. The summed E-state index contributed by atoms with van der Waals surface area (Å²) in [5.74, 6) is 0.917. The number of rotatable bonds is 9. The second-order valence-electron chi connectivity index (χ2n) is 5.17. The van der Waals surface area contributed by atoms with E-state index in [0.29, 0.717) is 6.04 Å². The molecule has 0 radical (unpaired) electrons. The van der Waals surface area contributed by atoms with Gasteiger partial charge in [0.15, 0.2) is 0 Å². The zero-order valence-electron chi connectivity index (χ0n) is 12.8. The number of nitrogens with zero attached hydrogens (tertiary/aromatic N) is 1. The van der Waals surface area contributed by atoms with Gasteiger partial charge in [0.25, 0.3) is 0 Å². The standard InChI is InChI=1S/C16H28N2O/c1-5-6-11-17-12-14(2)18(3)13-15-7-9-16(19-4)10-8-15/h7-10,14,17H,5-6,11-13H2,1-4H3. The Bertz CT molecular complexity index is 337. The molecule has 1 rings (SSSR count). The Kier molecular flexibility index (Phi) is 7.53. The molecule has 0 heterocycles. The topological polar surface area (TPSA) is 24.5 Å². The van der Waals surface area contributed by atoms with Crippen molar-refractivity contribution in [3.8, 4) is 5.75 Å². The first-order valence-electron chi connectivity index (χ1n) is 7.21. The van der Waals surface area contributed by atoms with Gasteiger partial charge in [-0.2, -0.15) is 0 Å². The normalized spacial score (nSPS) is 12.7. The third-order valence-electron chi connectivity index (χ3n) is 3.49. The van der Waals surface area contributed by atoms with Gasteiger partial charge in [-0.1, -0.05) is 25.5 Å². The fourth-order valence-corrected chi connectivity index (χ4v) is 1.94. The number of unbranched alkanes of at least 4 members (excludes halogenated alkanes) is 1. The molecule has 0 spiro atoms. The molecule has 1 aromatic rings. The summed E-state index contributed by atoms with van der Waals surface area (Å²) in [6, 6.07) is 8.85. The number of hydrogen-bond donors (Lipinski definition) is 1. The summed E-state index contributed by atoms with van der Waals surface area (Å²) < 4.78 is 5.17. The van der Waals surface area contributed by atoms with Gasteiger partial charge < -0.3 is 10.1 Å². The Morgan fingerprint density at radius 1 is 1.26 bits per heavy atom. The van der Waals surface area contributed by atoms with Crippen molar-refractivity contribution >= 4 is 0 Å². The molecule has 3 nitrogen and oxygen atoms in total. The van der Waals surface area contributed by atoms with E-state index in [0.717, 1.165) is 25.4 Å². The molecule has 1 atom stereocenters. The third-order valence-corrected chi connectivity index (χ3v) is 3.49. The van der Waals surface area contributed by atoms with Crippen LogP contribution in [0.2, 0.25) is 0 Å². The molecule has 0 aliphatic rings. The summed E-state index contributed by atoms with van der Waals surface area (Å²) >= 11 is 0. The lowest BCUT2D eigenvalue weighted by molar-refractivity contribution is 0.243. The van der Waals surface area contributed by atoms with E-state index >= 15 is 0 Å². The van der Waals surface area contributed by atoms with E-state index < -0.39 is 0 Å². The number of likely N-dealkylation sites (N-methyl/N-ethyl adjacent to an activating group) is 1. The van der Waals surface area contributed by atoms with Crippen LogP contribution >= 0.6 is 0 Å². The van der Waals surface area contributed by atoms with Crippen molar-refractivity contribution in [3.63, 3.8) is 0 Å². The maximum absolute atomic E-state index is 5.17. The quantitative estimate of drug-likeness (QED) is 0.694. The number of nitrogens with one attached hydrogen (secondary N) is 1. The molecule has 0 amide bonds. The monoisotopic (exact) mass is 264 g/mol. The fourth-order valence-electron chi connectivity index (χ4n) is 1.94. The van der Waals surface area contributed by atoms with E-state index in [1.807, 2.05) is 12.1 Å². The van der Waals surface area contributed by atoms with Crippen molar-refractivity contribution in [1.82, 2.24) is 10.2 Å². The van der Waals surface area contributed by atoms with E-state index in [9.17, 15) is 0 Å². The molecule has 0 aliphatic carbocycles. The average molecular weight is 264 g/mol. The van der Waals surface area contributed by atoms with Crippen LogP contribution in [-0.2, 0) is 6.54 Å². The van der Waals surface area contributed by atoms with Crippen molar-refractivity contribution in [2.45, 2.75) is 39.3 Å². The summed E-state index contributed by atoms with van der Waals surface area (Å²) in [4.78, 5) is 2.38. The van der Waals surface area contributed by atoms with Gasteiger partial charge in [-0.3, -0.25) is 4.90 Å². The Balaban J connectivity index is 2.33. The van der Waals surface area contributed by atoms with Crippen LogP contribution in [0.3, 0.4) is 0 Å². The van der Waals surface area contributed by atoms with Gasteiger partial charge in [0, 0.05) is 19.1 Å². The number of benzene rings is 1. The van der Waals surface area contributed by atoms with Crippen molar-refractivity contribution in [3.05, 3.63) is 29.8 Å². The van der Waals surface area contributed by atoms with E-state index in [1.54, 1.807) is 7.11 Å². The van der Waals surface area contributed by atoms with Crippen LogP contribution in [0.5, 0.6) is 5.75 Å². The summed E-state index contributed by atoms with van der Waals surface area (Å²) in [6.45, 7) is 7.63. The van der Waals surface area contributed by atoms with Crippen LogP contribution in [0.25, 0.3) is 0 Å². The van der Waals surface area contributed by atoms with E-state index in [4.69, 9.17) is 4.74 Å². The lowest BCUT2D eigenvalue weighted by Gasteiger charge is -2.25. The summed E-state index contributed by atoms with van der Waals surface area (Å²) in [7, 11) is 3.88. The minimum atomic E-state index is 0.541. The second kappa shape index (κ2) is 8.94. The van der Waals surface area contributed by atoms with E-state index in [-0.39, 0.29) is 0 Å². The molecule has 0 aromatic heterocycles. The number of hydrogen-bond acceptors (Lipinski definition) is 3. The molecule has 0 saturated heterocycles. The van der Waals surface area contributed by atoms with Gasteiger partial charge in [-0.05, 0) is 44.6 Å². The van der Waals surface area contributed by atoms with Gasteiger partial charge in [-0.25, -0.2) is 0 Å². The highest BCUT2D eigenvalue weighted by Crippen LogP contribution is 2.13. The minimum absolute atomic E-state index is 0.541. The third kappa shape index (κ3) is 6.08. The fraction of sp³-hybridized carbons (Fsp3) is 0.625. The van der Waals surface area contributed by atoms with Crippen molar-refractivity contribution < 1.29 is 4.74 Å². The molecule has 19 heavy (non-hydrogen) atoms. The van der Waals surface area contributed by atoms with Crippen LogP contribution in [-0.4, -0.2) is 38.2 Å².